The zero-order valence-corrected chi connectivity index (χ0v) is 21.6. The van der Waals surface area contributed by atoms with Crippen molar-refractivity contribution in [1.29, 1.82) is 0 Å². The number of piperazine rings is 1. The Hall–Kier alpha value is -4.05. The fourth-order valence-electron chi connectivity index (χ4n) is 5.79. The van der Waals surface area contributed by atoms with Gasteiger partial charge in [-0.25, -0.2) is 14.5 Å². The second-order valence-electron chi connectivity index (χ2n) is 10.3. The van der Waals surface area contributed by atoms with E-state index in [9.17, 15) is 29.1 Å². The first-order valence-corrected chi connectivity index (χ1v) is 13.4. The summed E-state index contributed by atoms with van der Waals surface area (Å²) >= 11 is 0. The largest absolute Gasteiger partial charge is 0.480 e. The van der Waals surface area contributed by atoms with Crippen LogP contribution in [0.5, 0.6) is 0 Å². The number of nitrogens with zero attached hydrogens (tertiary/aromatic N) is 3. The quantitative estimate of drug-likeness (QED) is 0.431. The van der Waals surface area contributed by atoms with Crippen LogP contribution in [0, 0.1) is 11.8 Å². The Morgan fingerprint density at radius 2 is 1.41 bits per heavy atom. The molecule has 0 spiro atoms. The second-order valence-corrected chi connectivity index (χ2v) is 10.3. The molecule has 3 aliphatic rings. The van der Waals surface area contributed by atoms with Gasteiger partial charge in [-0.2, -0.15) is 0 Å². The fraction of sp³-hybridized carbons (Fsp3) is 0.414. The van der Waals surface area contributed by atoms with Crippen molar-refractivity contribution >= 4 is 29.6 Å². The number of β-lactam (4-membered cyclic amide) rings is 1. The first-order valence-electron chi connectivity index (χ1n) is 13.4. The molecule has 10 nitrogen and oxygen atoms in total. The Kier molecular flexibility index (Phi) is 7.74. The summed E-state index contributed by atoms with van der Waals surface area (Å²) in [6, 6.07) is 13.6. The molecular weight excluding hydrogens is 500 g/mol. The molecule has 3 fully saturated rings. The molecule has 3 heterocycles. The van der Waals surface area contributed by atoms with Crippen molar-refractivity contribution in [2.24, 2.45) is 11.8 Å². The second kappa shape index (κ2) is 11.4. The number of urea groups is 1. The first-order chi connectivity index (χ1) is 18.9. The monoisotopic (exact) mass is 532 g/mol. The molecule has 204 valence electrons. The Morgan fingerprint density at radius 1 is 0.821 bits per heavy atom. The Bertz CT molecular complexity index is 1270. The molecule has 0 unspecified atom stereocenters. The van der Waals surface area contributed by atoms with Crippen molar-refractivity contribution in [1.82, 2.24) is 20.0 Å². The summed E-state index contributed by atoms with van der Waals surface area (Å²) in [6.45, 7) is 2.43. The summed E-state index contributed by atoms with van der Waals surface area (Å²) in [7, 11) is 0. The molecule has 2 atom stereocenters. The number of aliphatic carboxylic acids is 1. The first kappa shape index (κ1) is 26.6. The van der Waals surface area contributed by atoms with E-state index >= 15 is 0 Å². The minimum Gasteiger partial charge on any atom is -0.480 e. The highest BCUT2D eigenvalue weighted by molar-refractivity contribution is 6.15. The number of carboxylic acid groups (broad SMARTS) is 1. The number of carboxylic acids is 1. The van der Waals surface area contributed by atoms with Crippen LogP contribution in [-0.2, 0) is 9.59 Å². The minimum atomic E-state index is -1.17. The number of benzene rings is 2. The van der Waals surface area contributed by atoms with Crippen molar-refractivity contribution in [3.63, 3.8) is 0 Å². The lowest BCUT2D eigenvalue weighted by Crippen LogP contribution is -2.69. The van der Waals surface area contributed by atoms with E-state index in [1.54, 1.807) is 53.4 Å². The van der Waals surface area contributed by atoms with E-state index in [0.29, 0.717) is 17.5 Å². The lowest BCUT2D eigenvalue weighted by molar-refractivity contribution is -0.167. The lowest BCUT2D eigenvalue weighted by atomic mass is 9.78. The molecule has 2 aromatic carbocycles. The topological polar surface area (TPSA) is 127 Å². The summed E-state index contributed by atoms with van der Waals surface area (Å²) in [6.07, 6.45) is 2.25. The summed E-state index contributed by atoms with van der Waals surface area (Å²) < 4.78 is 0. The summed E-state index contributed by atoms with van der Waals surface area (Å²) in [5.41, 5.74) is 1.08. The van der Waals surface area contributed by atoms with E-state index in [1.807, 2.05) is 6.07 Å². The van der Waals surface area contributed by atoms with Crippen LogP contribution in [0.25, 0.3) is 0 Å². The SMILES string of the molecule is O=C(c1ccccc1)c1ccccc1C(=O)N1CCN(C(=O)N2C(=O)[C@H](CC3CCNCC3)[C@H]2C(=O)O)CC1. The number of hydrogen-bond acceptors (Lipinski definition) is 6. The average molecular weight is 533 g/mol. The van der Waals surface area contributed by atoms with Crippen LogP contribution in [0.3, 0.4) is 0 Å². The lowest BCUT2D eigenvalue weighted by Gasteiger charge is -2.47. The maximum Gasteiger partial charge on any atom is 0.327 e. The average Bonchev–Trinajstić information content (AvgIpc) is 2.98. The fourth-order valence-corrected chi connectivity index (χ4v) is 5.79. The van der Waals surface area contributed by atoms with Crippen LogP contribution >= 0.6 is 0 Å². The maximum atomic E-state index is 13.4. The van der Waals surface area contributed by atoms with Crippen LogP contribution in [0.4, 0.5) is 4.79 Å². The predicted octanol–water partition coefficient (Wildman–Crippen LogP) is 2.10. The molecular formula is C29H32N4O6. The van der Waals surface area contributed by atoms with Gasteiger partial charge in [-0.15, -0.1) is 0 Å². The van der Waals surface area contributed by atoms with E-state index in [-0.39, 0.29) is 49.4 Å². The van der Waals surface area contributed by atoms with Gasteiger partial charge in [-0.3, -0.25) is 14.4 Å². The van der Waals surface area contributed by atoms with E-state index in [1.165, 1.54) is 4.90 Å². The van der Waals surface area contributed by atoms with Gasteiger partial charge in [-0.05, 0) is 44.3 Å². The molecule has 3 aliphatic heterocycles. The summed E-state index contributed by atoms with van der Waals surface area (Å²) in [5.74, 6) is -2.58. The zero-order chi connectivity index (χ0) is 27.5. The molecule has 5 rings (SSSR count). The van der Waals surface area contributed by atoms with Crippen molar-refractivity contribution in [3.8, 4) is 0 Å². The standard InChI is InChI=1S/C29H32N4O6/c34-25(20-6-2-1-3-7-20)21-8-4-5-9-22(21)26(35)31-14-16-32(17-15-31)29(39)33-24(28(37)38)23(27(33)36)18-19-10-12-30-13-11-19/h1-9,19,23-24,30H,10-18H2,(H,37,38)/t23-,24+/m1/s1. The molecule has 10 heteroatoms. The number of imide groups is 1. The van der Waals surface area contributed by atoms with Gasteiger partial charge < -0.3 is 20.2 Å². The van der Waals surface area contributed by atoms with E-state index < -0.39 is 29.9 Å². The number of hydrogen-bond donors (Lipinski definition) is 2. The van der Waals surface area contributed by atoms with Gasteiger partial charge in [-0.1, -0.05) is 48.5 Å². The third-order valence-electron chi connectivity index (χ3n) is 7.99. The van der Waals surface area contributed by atoms with Gasteiger partial charge in [0.05, 0.1) is 11.5 Å². The van der Waals surface area contributed by atoms with Crippen molar-refractivity contribution in [3.05, 3.63) is 71.3 Å². The van der Waals surface area contributed by atoms with Crippen molar-refractivity contribution < 1.29 is 29.1 Å². The van der Waals surface area contributed by atoms with E-state index in [4.69, 9.17) is 0 Å². The smallest absolute Gasteiger partial charge is 0.327 e. The minimum absolute atomic E-state index is 0.161. The van der Waals surface area contributed by atoms with Crippen LogP contribution in [0.15, 0.2) is 54.6 Å². The van der Waals surface area contributed by atoms with Crippen molar-refractivity contribution in [2.75, 3.05) is 39.3 Å². The number of piperidine rings is 1. The molecule has 0 aromatic heterocycles. The van der Waals surface area contributed by atoms with Crippen molar-refractivity contribution in [2.45, 2.75) is 25.3 Å². The predicted molar refractivity (Wildman–Crippen MR) is 141 cm³/mol. The Labute approximate surface area is 226 Å². The number of nitrogens with one attached hydrogen (secondary N) is 1. The molecule has 2 N–H and O–H groups in total. The Morgan fingerprint density at radius 3 is 2.05 bits per heavy atom. The van der Waals surface area contributed by atoms with Crippen LogP contribution in [0.1, 0.15) is 45.5 Å². The summed E-state index contributed by atoms with van der Waals surface area (Å²) in [5, 5.41) is 13.1. The number of ketones is 1. The number of carbonyl (C=O) groups excluding carboxylic acids is 4. The highest BCUT2D eigenvalue weighted by Crippen LogP contribution is 2.35. The number of likely N-dealkylation sites (tertiary alicyclic amines) is 1. The molecule has 4 amide bonds. The Balaban J connectivity index is 1.22. The summed E-state index contributed by atoms with van der Waals surface area (Å²) in [4.78, 5) is 68.5. The molecule has 3 saturated heterocycles. The number of amides is 4. The van der Waals surface area contributed by atoms with Gasteiger partial charge in [0.1, 0.15) is 0 Å². The highest BCUT2D eigenvalue weighted by atomic mass is 16.4. The molecule has 2 aromatic rings. The van der Waals surface area contributed by atoms with Crippen LogP contribution < -0.4 is 5.32 Å². The van der Waals surface area contributed by atoms with Gasteiger partial charge in [0.2, 0.25) is 5.91 Å². The van der Waals surface area contributed by atoms with Gasteiger partial charge in [0.25, 0.3) is 5.91 Å². The third kappa shape index (κ3) is 5.29. The molecule has 0 aliphatic carbocycles. The number of rotatable bonds is 6. The van der Waals surface area contributed by atoms with Gasteiger partial charge >= 0.3 is 12.0 Å². The highest BCUT2D eigenvalue weighted by Gasteiger charge is 2.56. The van der Waals surface area contributed by atoms with Crippen LogP contribution in [-0.4, -0.2) is 94.7 Å². The third-order valence-corrected chi connectivity index (χ3v) is 7.99. The molecule has 0 bridgehead atoms. The van der Waals surface area contributed by atoms with Crippen LogP contribution in [0.2, 0.25) is 0 Å². The van der Waals surface area contributed by atoms with E-state index in [2.05, 4.69) is 5.32 Å². The van der Waals surface area contributed by atoms with Gasteiger partial charge in [0, 0.05) is 37.3 Å². The number of carbonyl (C=O) groups is 5. The molecule has 0 saturated carbocycles. The normalized spacial score (nSPS) is 21.8. The maximum absolute atomic E-state index is 13.4. The van der Waals surface area contributed by atoms with Gasteiger partial charge in [0.15, 0.2) is 11.8 Å². The molecule has 0 radical (unpaired) electrons. The van der Waals surface area contributed by atoms with E-state index in [0.717, 1.165) is 30.8 Å². The zero-order valence-electron chi connectivity index (χ0n) is 21.6. The molecule has 39 heavy (non-hydrogen) atoms.